The number of aryl methyl sites for hydroxylation is 2. The first-order valence-corrected chi connectivity index (χ1v) is 12.6. The van der Waals surface area contributed by atoms with E-state index in [0.29, 0.717) is 31.6 Å². The summed E-state index contributed by atoms with van der Waals surface area (Å²) in [5.74, 6) is -0.720. The molecular formula is C28H34N4O4. The second kappa shape index (κ2) is 11.0. The summed E-state index contributed by atoms with van der Waals surface area (Å²) in [7, 11) is 0. The van der Waals surface area contributed by atoms with E-state index in [4.69, 9.17) is 4.74 Å². The van der Waals surface area contributed by atoms with Crippen LogP contribution in [0.2, 0.25) is 0 Å². The van der Waals surface area contributed by atoms with Gasteiger partial charge in [0, 0.05) is 30.9 Å². The normalized spacial score (nSPS) is 15.6. The highest BCUT2D eigenvalue weighted by molar-refractivity contribution is 5.96. The Morgan fingerprint density at radius 3 is 2.47 bits per heavy atom. The highest BCUT2D eigenvalue weighted by atomic mass is 16.5. The fourth-order valence-electron chi connectivity index (χ4n) is 4.77. The molecule has 190 valence electrons. The summed E-state index contributed by atoms with van der Waals surface area (Å²) in [6.45, 7) is 8.76. The van der Waals surface area contributed by atoms with Crippen molar-refractivity contribution in [2.45, 2.75) is 65.6 Å². The van der Waals surface area contributed by atoms with E-state index in [1.165, 1.54) is 4.57 Å². The first-order valence-electron chi connectivity index (χ1n) is 12.6. The van der Waals surface area contributed by atoms with Gasteiger partial charge in [-0.05, 0) is 56.4 Å². The van der Waals surface area contributed by atoms with Crippen LogP contribution in [0.5, 0.6) is 5.88 Å². The van der Waals surface area contributed by atoms with E-state index in [1.54, 1.807) is 11.1 Å². The first kappa shape index (κ1) is 25.6. The molecule has 1 unspecified atom stereocenters. The number of hydrogen-bond acceptors (Lipinski definition) is 6. The van der Waals surface area contributed by atoms with E-state index in [0.717, 1.165) is 23.2 Å². The van der Waals surface area contributed by atoms with Crippen molar-refractivity contribution < 1.29 is 14.6 Å². The monoisotopic (exact) mass is 490 g/mol. The van der Waals surface area contributed by atoms with Crippen LogP contribution < -0.4 is 5.56 Å². The van der Waals surface area contributed by atoms with E-state index in [9.17, 15) is 14.7 Å². The molecule has 3 heterocycles. The van der Waals surface area contributed by atoms with Crippen LogP contribution in [0.3, 0.4) is 0 Å². The first-order chi connectivity index (χ1) is 17.3. The van der Waals surface area contributed by atoms with Gasteiger partial charge < -0.3 is 14.7 Å². The molecule has 3 aromatic rings. The van der Waals surface area contributed by atoms with Crippen LogP contribution in [0.15, 0.2) is 47.4 Å². The second-order valence-corrected chi connectivity index (χ2v) is 9.35. The third-order valence-corrected chi connectivity index (χ3v) is 6.66. The zero-order chi connectivity index (χ0) is 25.8. The maximum atomic E-state index is 14.0. The molecule has 1 aliphatic heterocycles. The highest BCUT2D eigenvalue weighted by Gasteiger charge is 2.33. The second-order valence-electron chi connectivity index (χ2n) is 9.35. The molecule has 1 N–H and O–H groups in total. The van der Waals surface area contributed by atoms with Crippen LogP contribution in [-0.4, -0.2) is 49.6 Å². The zero-order valence-electron chi connectivity index (χ0n) is 21.4. The third-order valence-electron chi connectivity index (χ3n) is 6.66. The Labute approximate surface area is 211 Å². The van der Waals surface area contributed by atoms with Crippen molar-refractivity contribution in [2.24, 2.45) is 0 Å². The smallest absolute Gasteiger partial charge is 0.275 e. The van der Waals surface area contributed by atoms with E-state index in [1.807, 2.05) is 64.1 Å². The molecule has 1 atom stereocenters. The number of amides is 1. The van der Waals surface area contributed by atoms with E-state index in [-0.39, 0.29) is 30.0 Å². The predicted octanol–water partition coefficient (Wildman–Crippen LogP) is 4.01. The molecule has 8 nitrogen and oxygen atoms in total. The van der Waals surface area contributed by atoms with Gasteiger partial charge in [-0.3, -0.25) is 19.1 Å². The number of nitrogens with zero attached hydrogens (tertiary/aromatic N) is 4. The van der Waals surface area contributed by atoms with Crippen molar-refractivity contribution in [1.29, 1.82) is 0 Å². The molecule has 1 aliphatic rings. The molecule has 1 aromatic carbocycles. The van der Waals surface area contributed by atoms with Gasteiger partial charge in [-0.25, -0.2) is 0 Å². The number of hydrogen-bond donors (Lipinski definition) is 1. The van der Waals surface area contributed by atoms with Crippen molar-refractivity contribution in [3.8, 4) is 11.6 Å². The van der Waals surface area contributed by atoms with Gasteiger partial charge in [0.25, 0.3) is 11.5 Å². The molecule has 8 heteroatoms. The fraction of sp³-hybridized carbons (Fsp3) is 0.429. The number of aromatic hydroxyl groups is 1. The minimum absolute atomic E-state index is 0.0294. The Balaban J connectivity index is 1.81. The standard InChI is InChI=1S/C28H34N4O4/c1-5-19-10-9-11-20(6-2)25(19)32-23(17-36-18(3)4)30-26(33)24(28(32)35)27(34)31-15-13-21(16-31)22-12-7-8-14-29-22/h7-12,14,18,21,33H,5-6,13,15-17H2,1-4H3. The Morgan fingerprint density at radius 1 is 1.14 bits per heavy atom. The third kappa shape index (κ3) is 5.04. The van der Waals surface area contributed by atoms with Crippen LogP contribution in [0.4, 0.5) is 0 Å². The Kier molecular flexibility index (Phi) is 7.84. The van der Waals surface area contributed by atoms with Gasteiger partial charge in [0.15, 0.2) is 5.56 Å². The number of para-hydroxylation sites is 1. The molecule has 0 saturated carbocycles. The van der Waals surface area contributed by atoms with E-state index >= 15 is 0 Å². The van der Waals surface area contributed by atoms with Crippen molar-refractivity contribution in [3.63, 3.8) is 0 Å². The number of likely N-dealkylation sites (tertiary alicyclic amines) is 1. The zero-order valence-corrected chi connectivity index (χ0v) is 21.4. The van der Waals surface area contributed by atoms with Gasteiger partial charge in [-0.1, -0.05) is 38.1 Å². The van der Waals surface area contributed by atoms with Crippen molar-refractivity contribution in [2.75, 3.05) is 13.1 Å². The molecule has 2 aromatic heterocycles. The summed E-state index contributed by atoms with van der Waals surface area (Å²) in [5, 5.41) is 10.8. The van der Waals surface area contributed by atoms with Gasteiger partial charge in [-0.2, -0.15) is 4.98 Å². The number of pyridine rings is 1. The summed E-state index contributed by atoms with van der Waals surface area (Å²) in [6.07, 6.45) is 3.77. The minimum Gasteiger partial charge on any atom is -0.493 e. The van der Waals surface area contributed by atoms with Crippen LogP contribution >= 0.6 is 0 Å². The molecule has 36 heavy (non-hydrogen) atoms. The summed E-state index contributed by atoms with van der Waals surface area (Å²) in [5.41, 5.74) is 2.67. The number of aromatic nitrogens is 3. The fourth-order valence-corrected chi connectivity index (χ4v) is 4.77. The summed E-state index contributed by atoms with van der Waals surface area (Å²) in [4.78, 5) is 38.0. The summed E-state index contributed by atoms with van der Waals surface area (Å²) in [6, 6.07) is 11.6. The van der Waals surface area contributed by atoms with Crippen molar-refractivity contribution in [3.05, 3.63) is 81.2 Å². The van der Waals surface area contributed by atoms with Gasteiger partial charge >= 0.3 is 0 Å². The molecule has 1 amide bonds. The molecule has 1 fully saturated rings. The molecule has 4 rings (SSSR count). The minimum atomic E-state index is -0.577. The average molecular weight is 491 g/mol. The number of benzene rings is 1. The van der Waals surface area contributed by atoms with Crippen LogP contribution in [0, 0.1) is 0 Å². The maximum Gasteiger partial charge on any atom is 0.275 e. The lowest BCUT2D eigenvalue weighted by atomic mass is 10.0. The number of carbonyl (C=O) groups is 1. The Bertz CT molecular complexity index is 1260. The molecular weight excluding hydrogens is 456 g/mol. The molecule has 0 spiro atoms. The lowest BCUT2D eigenvalue weighted by molar-refractivity contribution is 0.0592. The number of ether oxygens (including phenoxy) is 1. The predicted molar refractivity (Wildman–Crippen MR) is 138 cm³/mol. The van der Waals surface area contributed by atoms with E-state index in [2.05, 4.69) is 9.97 Å². The van der Waals surface area contributed by atoms with Gasteiger partial charge in [-0.15, -0.1) is 0 Å². The summed E-state index contributed by atoms with van der Waals surface area (Å²) < 4.78 is 7.25. The topological polar surface area (TPSA) is 97.5 Å². The number of carbonyl (C=O) groups excluding carboxylic acids is 1. The van der Waals surface area contributed by atoms with Crippen molar-refractivity contribution in [1.82, 2.24) is 19.4 Å². The highest BCUT2D eigenvalue weighted by Crippen LogP contribution is 2.28. The molecule has 0 aliphatic carbocycles. The quantitative estimate of drug-likeness (QED) is 0.512. The lowest BCUT2D eigenvalue weighted by Gasteiger charge is -2.22. The van der Waals surface area contributed by atoms with Crippen molar-refractivity contribution >= 4 is 5.91 Å². The maximum absolute atomic E-state index is 14.0. The van der Waals surface area contributed by atoms with Gasteiger partial charge in [0.05, 0.1) is 11.8 Å². The largest absolute Gasteiger partial charge is 0.493 e. The SMILES string of the molecule is CCc1cccc(CC)c1-n1c(COC(C)C)nc(O)c(C(=O)N2CCC(c3ccccn3)C2)c1=O. The Morgan fingerprint density at radius 2 is 1.86 bits per heavy atom. The van der Waals surface area contributed by atoms with Crippen LogP contribution in [0.25, 0.3) is 5.69 Å². The lowest BCUT2D eigenvalue weighted by Crippen LogP contribution is -2.37. The van der Waals surface area contributed by atoms with Crippen LogP contribution in [0.1, 0.15) is 73.0 Å². The van der Waals surface area contributed by atoms with Crippen LogP contribution in [-0.2, 0) is 24.2 Å². The van der Waals surface area contributed by atoms with Gasteiger partial charge in [0.2, 0.25) is 5.88 Å². The Hall–Kier alpha value is -3.52. The van der Waals surface area contributed by atoms with Gasteiger partial charge in [0.1, 0.15) is 12.4 Å². The van der Waals surface area contributed by atoms with E-state index < -0.39 is 17.3 Å². The summed E-state index contributed by atoms with van der Waals surface area (Å²) >= 11 is 0. The molecule has 1 saturated heterocycles. The average Bonchev–Trinajstić information content (AvgIpc) is 3.38. The number of rotatable bonds is 8. The molecule has 0 bridgehead atoms. The molecule has 0 radical (unpaired) electrons.